The van der Waals surface area contributed by atoms with Crippen LogP contribution >= 0.6 is 0 Å². The fraction of sp³-hybridized carbons (Fsp3) is 0.462. The summed E-state index contributed by atoms with van der Waals surface area (Å²) >= 11 is 0. The second-order valence-corrected chi connectivity index (χ2v) is 9.37. The van der Waals surface area contributed by atoms with Crippen molar-refractivity contribution in [3.05, 3.63) is 59.9 Å². The van der Waals surface area contributed by atoms with Gasteiger partial charge in [0.15, 0.2) is 5.78 Å². The van der Waals surface area contributed by atoms with Crippen LogP contribution in [0.2, 0.25) is 0 Å². The Labute approximate surface area is 194 Å². The Kier molecular flexibility index (Phi) is 5.93. The van der Waals surface area contributed by atoms with Gasteiger partial charge in [-0.1, -0.05) is 30.3 Å². The number of hydrogen-bond acceptors (Lipinski definition) is 6. The highest BCUT2D eigenvalue weighted by Crippen LogP contribution is 2.48. The topological polar surface area (TPSA) is 48.4 Å². The highest BCUT2D eigenvalue weighted by molar-refractivity contribution is 6.43. The maximum atomic E-state index is 14.2. The second-order valence-electron chi connectivity index (χ2n) is 9.37. The Hall–Kier alpha value is -2.77. The Morgan fingerprint density at radius 1 is 1.15 bits per heavy atom. The van der Waals surface area contributed by atoms with E-state index in [1.807, 2.05) is 23.2 Å². The number of anilines is 1. The zero-order valence-electron chi connectivity index (χ0n) is 19.3. The van der Waals surface area contributed by atoms with E-state index in [0.29, 0.717) is 23.8 Å². The normalized spacial score (nSPS) is 25.2. The monoisotopic (exact) mass is 450 g/mol. The number of Topliss-reactive ketones (excluding diaryl/α,β-unsaturated/α-hetero) is 1. The minimum Gasteiger partial charge on any atom is -0.489 e. The van der Waals surface area contributed by atoms with E-state index in [1.54, 1.807) is 13.0 Å². The number of ether oxygens (including phenoxy) is 1. The first kappa shape index (κ1) is 22.0. The molecule has 5 rings (SSSR count). The molecule has 0 bridgehead atoms. The zero-order chi connectivity index (χ0) is 23.0. The number of hydrazone groups is 1. The number of carbonyl (C=O) groups excluding carboxylic acids is 1. The first-order valence-electron chi connectivity index (χ1n) is 11.8. The quantitative estimate of drug-likeness (QED) is 0.676. The van der Waals surface area contributed by atoms with Crippen LogP contribution in [0.1, 0.15) is 25.3 Å². The molecule has 3 aliphatic heterocycles. The van der Waals surface area contributed by atoms with Crippen LogP contribution in [0.4, 0.5) is 10.1 Å². The van der Waals surface area contributed by atoms with Crippen LogP contribution < -0.4 is 9.75 Å². The third-order valence-corrected chi connectivity index (χ3v) is 7.32. The Morgan fingerprint density at radius 3 is 2.64 bits per heavy atom. The molecule has 2 aromatic carbocycles. The number of piperazine rings is 1. The maximum Gasteiger partial charge on any atom is 0.176 e. The van der Waals surface area contributed by atoms with Gasteiger partial charge in [-0.15, -0.1) is 0 Å². The average molecular weight is 451 g/mol. The van der Waals surface area contributed by atoms with Crippen molar-refractivity contribution in [2.75, 3.05) is 51.4 Å². The van der Waals surface area contributed by atoms with Gasteiger partial charge in [0.05, 0.1) is 5.41 Å². The van der Waals surface area contributed by atoms with Gasteiger partial charge in [-0.05, 0) is 44.1 Å². The van der Waals surface area contributed by atoms with Gasteiger partial charge in [0.2, 0.25) is 0 Å². The summed E-state index contributed by atoms with van der Waals surface area (Å²) in [6, 6.07) is 14.4. The van der Waals surface area contributed by atoms with Gasteiger partial charge in [-0.2, -0.15) is 5.10 Å². The molecule has 2 atom stereocenters. The molecule has 1 saturated heterocycles. The third-order valence-electron chi connectivity index (χ3n) is 7.32. The standard InChI is InChI=1S/C26H31FN4O2/c1-19(32)25-26(20-7-4-3-5-8-20,11-6-12-30-15-13-29(2)14-16-30)24-18-33-23-10-9-21(27)17-22(23)31(24)28-25/h3-5,7-10,17,24H,6,11-16,18H2,1-2H3/t24?,26-/m1/s1. The molecule has 0 aromatic heterocycles. The van der Waals surface area contributed by atoms with Crippen LogP contribution in [0.5, 0.6) is 5.75 Å². The van der Waals surface area contributed by atoms with Crippen LogP contribution in [-0.4, -0.2) is 73.7 Å². The fourth-order valence-electron chi connectivity index (χ4n) is 5.56. The summed E-state index contributed by atoms with van der Waals surface area (Å²) in [5, 5.41) is 6.67. The summed E-state index contributed by atoms with van der Waals surface area (Å²) in [7, 11) is 2.16. The van der Waals surface area contributed by atoms with E-state index < -0.39 is 5.41 Å². The van der Waals surface area contributed by atoms with E-state index in [4.69, 9.17) is 9.84 Å². The molecule has 174 valence electrons. The second kappa shape index (κ2) is 8.88. The van der Waals surface area contributed by atoms with E-state index in [1.165, 1.54) is 12.1 Å². The number of fused-ring (bicyclic) bond motifs is 3. The fourth-order valence-corrected chi connectivity index (χ4v) is 5.56. The predicted octanol–water partition coefficient (Wildman–Crippen LogP) is 3.32. The van der Waals surface area contributed by atoms with Gasteiger partial charge in [0.1, 0.15) is 35.6 Å². The van der Waals surface area contributed by atoms with Gasteiger partial charge in [-0.25, -0.2) is 4.39 Å². The summed E-state index contributed by atoms with van der Waals surface area (Å²) in [4.78, 5) is 17.8. The van der Waals surface area contributed by atoms with Crippen LogP contribution in [0.15, 0.2) is 53.6 Å². The molecule has 7 heteroatoms. The number of rotatable bonds is 6. The number of benzene rings is 2. The predicted molar refractivity (Wildman–Crippen MR) is 128 cm³/mol. The molecule has 3 heterocycles. The number of carbonyl (C=O) groups is 1. The minimum absolute atomic E-state index is 0.0502. The number of ketones is 1. The third kappa shape index (κ3) is 3.93. The first-order valence-corrected chi connectivity index (χ1v) is 11.8. The van der Waals surface area contributed by atoms with Crippen molar-refractivity contribution in [1.29, 1.82) is 0 Å². The number of halogens is 1. The molecule has 6 nitrogen and oxygen atoms in total. The Balaban J connectivity index is 1.51. The molecule has 0 N–H and O–H groups in total. The molecular weight excluding hydrogens is 419 g/mol. The van der Waals surface area contributed by atoms with E-state index in [0.717, 1.165) is 51.1 Å². The van der Waals surface area contributed by atoms with Crippen LogP contribution in [-0.2, 0) is 10.2 Å². The number of nitrogens with zero attached hydrogens (tertiary/aromatic N) is 4. The average Bonchev–Trinajstić information content (AvgIpc) is 3.17. The Morgan fingerprint density at radius 2 is 1.91 bits per heavy atom. The van der Waals surface area contributed by atoms with Crippen molar-refractivity contribution >= 4 is 17.2 Å². The molecule has 1 unspecified atom stereocenters. The molecule has 33 heavy (non-hydrogen) atoms. The lowest BCUT2D eigenvalue weighted by atomic mass is 9.67. The van der Waals surface area contributed by atoms with Crippen molar-refractivity contribution in [2.24, 2.45) is 5.10 Å². The first-order chi connectivity index (χ1) is 16.0. The van der Waals surface area contributed by atoms with Crippen molar-refractivity contribution in [3.63, 3.8) is 0 Å². The van der Waals surface area contributed by atoms with Crippen molar-refractivity contribution in [3.8, 4) is 5.75 Å². The minimum atomic E-state index is -0.607. The Bertz CT molecular complexity index is 1050. The number of likely N-dealkylation sites (N-methyl/N-ethyl adjacent to an activating group) is 1. The molecule has 3 aliphatic rings. The van der Waals surface area contributed by atoms with Gasteiger partial charge in [0.25, 0.3) is 0 Å². The van der Waals surface area contributed by atoms with E-state index in [2.05, 4.69) is 29.0 Å². The summed E-state index contributed by atoms with van der Waals surface area (Å²) in [6.45, 7) is 7.24. The highest BCUT2D eigenvalue weighted by atomic mass is 19.1. The molecule has 0 spiro atoms. The molecule has 0 radical (unpaired) electrons. The van der Waals surface area contributed by atoms with Crippen LogP contribution in [0.3, 0.4) is 0 Å². The molecule has 2 aromatic rings. The van der Waals surface area contributed by atoms with Crippen molar-refractivity contribution < 1.29 is 13.9 Å². The zero-order valence-corrected chi connectivity index (χ0v) is 19.3. The lowest BCUT2D eigenvalue weighted by Crippen LogP contribution is -2.54. The molecule has 0 saturated carbocycles. The van der Waals surface area contributed by atoms with Gasteiger partial charge < -0.3 is 14.5 Å². The van der Waals surface area contributed by atoms with Crippen molar-refractivity contribution in [2.45, 2.75) is 31.2 Å². The van der Waals surface area contributed by atoms with E-state index in [-0.39, 0.29) is 17.6 Å². The van der Waals surface area contributed by atoms with Crippen LogP contribution in [0, 0.1) is 5.82 Å². The lowest BCUT2D eigenvalue weighted by molar-refractivity contribution is -0.111. The molecule has 0 amide bonds. The highest BCUT2D eigenvalue weighted by Gasteiger charge is 2.55. The summed E-state index contributed by atoms with van der Waals surface area (Å²) in [5.41, 5.74) is 1.58. The molecular formula is C26H31FN4O2. The maximum absolute atomic E-state index is 14.2. The van der Waals surface area contributed by atoms with Gasteiger partial charge in [0, 0.05) is 39.2 Å². The van der Waals surface area contributed by atoms with Gasteiger partial charge >= 0.3 is 0 Å². The van der Waals surface area contributed by atoms with Crippen molar-refractivity contribution in [1.82, 2.24) is 9.80 Å². The van der Waals surface area contributed by atoms with E-state index >= 15 is 0 Å². The smallest absolute Gasteiger partial charge is 0.176 e. The van der Waals surface area contributed by atoms with E-state index in [9.17, 15) is 9.18 Å². The summed E-state index contributed by atoms with van der Waals surface area (Å²) < 4.78 is 20.2. The summed E-state index contributed by atoms with van der Waals surface area (Å²) in [5.74, 6) is 0.205. The molecule has 1 fully saturated rings. The van der Waals surface area contributed by atoms with Crippen LogP contribution in [0.25, 0.3) is 0 Å². The molecule has 0 aliphatic carbocycles. The largest absolute Gasteiger partial charge is 0.489 e. The summed E-state index contributed by atoms with van der Waals surface area (Å²) in [6.07, 6.45) is 1.71. The number of hydrogen-bond donors (Lipinski definition) is 0. The lowest BCUT2D eigenvalue weighted by Gasteiger charge is -2.42. The SMILES string of the molecule is CC(=O)C1=NN2c3cc(F)ccc3OCC2[C@@]1(CCCN1CCN(C)CC1)c1ccccc1. The van der Waals surface area contributed by atoms with Gasteiger partial charge in [-0.3, -0.25) is 9.80 Å².